The van der Waals surface area contributed by atoms with Crippen molar-refractivity contribution in [2.75, 3.05) is 20.7 Å². The van der Waals surface area contributed by atoms with Gasteiger partial charge in [-0.15, -0.1) is 0 Å². The Labute approximate surface area is 115 Å². The summed E-state index contributed by atoms with van der Waals surface area (Å²) in [7, 11) is 3.77. The molecule has 2 N–H and O–H groups in total. The molecular weight excluding hydrogens is 244 g/mol. The highest BCUT2D eigenvalue weighted by Crippen LogP contribution is 2.21. The van der Waals surface area contributed by atoms with Gasteiger partial charge in [0.05, 0.1) is 12.1 Å². The van der Waals surface area contributed by atoms with Gasteiger partial charge in [0.1, 0.15) is 5.75 Å². The van der Waals surface area contributed by atoms with Crippen LogP contribution in [0, 0.1) is 12.8 Å². The molecule has 1 aromatic rings. The second kappa shape index (κ2) is 6.71. The van der Waals surface area contributed by atoms with Crippen molar-refractivity contribution in [3.05, 3.63) is 29.3 Å². The summed E-state index contributed by atoms with van der Waals surface area (Å²) in [6, 6.07) is 6.22. The standard InChI is InChI=1S/C14H22N2OS/c1-10-5-6-13(17-4)12(7-10)9-16(3)8-11(2)14(15)18/h5-7,11H,8-9H2,1-4H3,(H2,15,18). The van der Waals surface area contributed by atoms with Crippen LogP contribution < -0.4 is 10.5 Å². The molecule has 0 amide bonds. The van der Waals surface area contributed by atoms with E-state index in [4.69, 9.17) is 22.7 Å². The van der Waals surface area contributed by atoms with Crippen LogP contribution in [0.4, 0.5) is 0 Å². The van der Waals surface area contributed by atoms with Gasteiger partial charge < -0.3 is 15.4 Å². The zero-order valence-corrected chi connectivity index (χ0v) is 12.4. The van der Waals surface area contributed by atoms with Crippen molar-refractivity contribution >= 4 is 17.2 Å². The lowest BCUT2D eigenvalue weighted by Crippen LogP contribution is -2.31. The number of hydrogen-bond donors (Lipinski definition) is 1. The van der Waals surface area contributed by atoms with Crippen molar-refractivity contribution in [3.63, 3.8) is 0 Å². The predicted molar refractivity (Wildman–Crippen MR) is 80.0 cm³/mol. The van der Waals surface area contributed by atoms with E-state index in [0.29, 0.717) is 4.99 Å². The maximum Gasteiger partial charge on any atom is 0.123 e. The molecule has 0 aliphatic heterocycles. The fourth-order valence-corrected chi connectivity index (χ4v) is 2.02. The van der Waals surface area contributed by atoms with Crippen LogP contribution in [0.15, 0.2) is 18.2 Å². The molecule has 0 saturated carbocycles. The van der Waals surface area contributed by atoms with Crippen molar-refractivity contribution in [2.24, 2.45) is 11.7 Å². The van der Waals surface area contributed by atoms with Gasteiger partial charge in [0.15, 0.2) is 0 Å². The molecule has 0 aliphatic rings. The Morgan fingerprint density at radius 3 is 2.72 bits per heavy atom. The van der Waals surface area contributed by atoms with Gasteiger partial charge in [-0.3, -0.25) is 0 Å². The second-order valence-corrected chi connectivity index (χ2v) is 5.29. The zero-order chi connectivity index (χ0) is 13.7. The van der Waals surface area contributed by atoms with Crippen LogP contribution in [-0.4, -0.2) is 30.6 Å². The summed E-state index contributed by atoms with van der Waals surface area (Å²) < 4.78 is 5.38. The van der Waals surface area contributed by atoms with E-state index in [0.717, 1.165) is 18.8 Å². The Balaban J connectivity index is 2.71. The minimum absolute atomic E-state index is 0.223. The molecule has 0 heterocycles. The monoisotopic (exact) mass is 266 g/mol. The number of benzene rings is 1. The number of rotatable bonds is 6. The quantitative estimate of drug-likeness (QED) is 0.802. The predicted octanol–water partition coefficient (Wildman–Crippen LogP) is 2.36. The van der Waals surface area contributed by atoms with Gasteiger partial charge in [0.2, 0.25) is 0 Å². The lowest BCUT2D eigenvalue weighted by Gasteiger charge is -2.22. The lowest BCUT2D eigenvalue weighted by molar-refractivity contribution is 0.300. The topological polar surface area (TPSA) is 38.5 Å². The summed E-state index contributed by atoms with van der Waals surface area (Å²) in [6.45, 7) is 5.82. The molecule has 1 rings (SSSR count). The average Bonchev–Trinajstić information content (AvgIpc) is 2.28. The number of thiocarbonyl (C=S) groups is 1. The van der Waals surface area contributed by atoms with Crippen LogP contribution >= 0.6 is 12.2 Å². The third-order valence-electron chi connectivity index (χ3n) is 2.95. The number of nitrogens with two attached hydrogens (primary N) is 1. The molecule has 0 radical (unpaired) electrons. The van der Waals surface area contributed by atoms with E-state index in [1.807, 2.05) is 13.0 Å². The third kappa shape index (κ3) is 4.27. The number of nitrogens with zero attached hydrogens (tertiary/aromatic N) is 1. The van der Waals surface area contributed by atoms with Crippen molar-refractivity contribution in [1.82, 2.24) is 4.90 Å². The van der Waals surface area contributed by atoms with Crippen molar-refractivity contribution in [3.8, 4) is 5.75 Å². The van der Waals surface area contributed by atoms with Crippen LogP contribution in [0.2, 0.25) is 0 Å². The first-order valence-electron chi connectivity index (χ1n) is 6.05. The van der Waals surface area contributed by atoms with Crippen molar-refractivity contribution in [2.45, 2.75) is 20.4 Å². The number of ether oxygens (including phenoxy) is 1. The summed E-state index contributed by atoms with van der Waals surface area (Å²) in [4.78, 5) is 2.78. The highest BCUT2D eigenvalue weighted by molar-refractivity contribution is 7.80. The minimum atomic E-state index is 0.223. The summed E-state index contributed by atoms with van der Waals surface area (Å²) in [5.74, 6) is 1.15. The number of hydrogen-bond acceptors (Lipinski definition) is 3. The Kier molecular flexibility index (Phi) is 5.56. The molecule has 0 aromatic heterocycles. The first kappa shape index (κ1) is 14.9. The second-order valence-electron chi connectivity index (χ2n) is 4.82. The van der Waals surface area contributed by atoms with E-state index < -0.39 is 0 Å². The zero-order valence-electron chi connectivity index (χ0n) is 11.6. The normalized spacial score (nSPS) is 12.5. The minimum Gasteiger partial charge on any atom is -0.496 e. The van der Waals surface area contributed by atoms with Crippen LogP contribution in [0.5, 0.6) is 5.75 Å². The van der Waals surface area contributed by atoms with Crippen LogP contribution in [0.25, 0.3) is 0 Å². The number of methoxy groups -OCH3 is 1. The molecule has 100 valence electrons. The first-order chi connectivity index (χ1) is 8.43. The fourth-order valence-electron chi connectivity index (χ4n) is 1.94. The van der Waals surface area contributed by atoms with Gasteiger partial charge in [-0.1, -0.05) is 36.8 Å². The SMILES string of the molecule is COc1ccc(C)cc1CN(C)CC(C)C(N)=S. The Morgan fingerprint density at radius 2 is 2.17 bits per heavy atom. The molecule has 1 aromatic carbocycles. The molecule has 18 heavy (non-hydrogen) atoms. The molecule has 0 bridgehead atoms. The Morgan fingerprint density at radius 1 is 1.50 bits per heavy atom. The molecule has 3 nitrogen and oxygen atoms in total. The summed E-state index contributed by atoms with van der Waals surface area (Å²) >= 11 is 5.00. The molecule has 1 unspecified atom stereocenters. The van der Waals surface area contributed by atoms with Gasteiger partial charge in [0.25, 0.3) is 0 Å². The van der Waals surface area contributed by atoms with E-state index in [1.165, 1.54) is 11.1 Å². The van der Waals surface area contributed by atoms with E-state index in [1.54, 1.807) is 7.11 Å². The van der Waals surface area contributed by atoms with Gasteiger partial charge >= 0.3 is 0 Å². The molecule has 0 aliphatic carbocycles. The van der Waals surface area contributed by atoms with Gasteiger partial charge in [-0.2, -0.15) is 0 Å². The summed E-state index contributed by atoms with van der Waals surface area (Å²) in [5, 5.41) is 0. The molecular formula is C14H22N2OS. The highest BCUT2D eigenvalue weighted by Gasteiger charge is 2.11. The summed E-state index contributed by atoms with van der Waals surface area (Å²) in [6.07, 6.45) is 0. The number of aryl methyl sites for hydroxylation is 1. The van der Waals surface area contributed by atoms with E-state index in [-0.39, 0.29) is 5.92 Å². The van der Waals surface area contributed by atoms with Gasteiger partial charge in [-0.25, -0.2) is 0 Å². The molecule has 0 saturated heterocycles. The average molecular weight is 266 g/mol. The Bertz CT molecular complexity index is 420. The van der Waals surface area contributed by atoms with Crippen LogP contribution in [-0.2, 0) is 6.54 Å². The molecule has 4 heteroatoms. The van der Waals surface area contributed by atoms with E-state index in [9.17, 15) is 0 Å². The smallest absolute Gasteiger partial charge is 0.123 e. The highest BCUT2D eigenvalue weighted by atomic mass is 32.1. The van der Waals surface area contributed by atoms with Gasteiger partial charge in [-0.05, 0) is 20.0 Å². The molecule has 0 spiro atoms. The first-order valence-corrected chi connectivity index (χ1v) is 6.46. The lowest BCUT2D eigenvalue weighted by atomic mass is 10.1. The van der Waals surface area contributed by atoms with E-state index in [2.05, 4.69) is 31.0 Å². The fraction of sp³-hybridized carbons (Fsp3) is 0.500. The molecule has 0 fully saturated rings. The van der Waals surface area contributed by atoms with Crippen molar-refractivity contribution < 1.29 is 4.74 Å². The summed E-state index contributed by atoms with van der Waals surface area (Å²) in [5.41, 5.74) is 8.07. The third-order valence-corrected chi connectivity index (χ3v) is 3.35. The maximum absolute atomic E-state index is 5.64. The van der Waals surface area contributed by atoms with Crippen LogP contribution in [0.1, 0.15) is 18.1 Å². The van der Waals surface area contributed by atoms with Crippen molar-refractivity contribution in [1.29, 1.82) is 0 Å². The van der Waals surface area contributed by atoms with Crippen LogP contribution in [0.3, 0.4) is 0 Å². The largest absolute Gasteiger partial charge is 0.496 e. The van der Waals surface area contributed by atoms with Gasteiger partial charge in [0, 0.05) is 24.6 Å². The molecule has 1 atom stereocenters. The van der Waals surface area contributed by atoms with E-state index >= 15 is 0 Å². The Hall–Kier alpha value is -1.13. The maximum atomic E-state index is 5.64.